The van der Waals surface area contributed by atoms with Crippen molar-refractivity contribution in [1.29, 1.82) is 5.26 Å². The summed E-state index contributed by atoms with van der Waals surface area (Å²) < 4.78 is 74.3. The van der Waals surface area contributed by atoms with E-state index in [4.69, 9.17) is 9.92 Å². The monoisotopic (exact) mass is 422 g/mol. The van der Waals surface area contributed by atoms with E-state index < -0.39 is 42.2 Å². The van der Waals surface area contributed by atoms with Gasteiger partial charge in [0.2, 0.25) is 29.1 Å². The number of aromatic nitrogens is 1. The van der Waals surface area contributed by atoms with Crippen molar-refractivity contribution >= 4 is 7.32 Å². The van der Waals surface area contributed by atoms with E-state index in [2.05, 4.69) is 9.64 Å². The third-order valence-corrected chi connectivity index (χ3v) is 3.40. The number of halogens is 5. The zero-order valence-corrected chi connectivity index (χ0v) is 15.0. The van der Waals surface area contributed by atoms with Crippen LogP contribution in [0, 0.1) is 40.4 Å². The molecule has 154 valence electrons. The number of benzene rings is 2. The first kappa shape index (κ1) is 22.8. The van der Waals surface area contributed by atoms with Crippen LogP contribution < -0.4 is 4.65 Å². The first-order chi connectivity index (χ1) is 14.3. The van der Waals surface area contributed by atoms with Crippen molar-refractivity contribution in [2.45, 2.75) is 6.61 Å². The first-order valence-electron chi connectivity index (χ1n) is 8.18. The molecule has 30 heavy (non-hydrogen) atoms. The number of nitrogens with zero attached hydrogens (tertiary/aromatic N) is 2. The van der Waals surface area contributed by atoms with E-state index in [0.717, 1.165) is 0 Å². The molecule has 1 N–H and O–H groups in total. The van der Waals surface area contributed by atoms with Gasteiger partial charge in [0.05, 0.1) is 6.61 Å². The molecule has 3 rings (SSSR count). The van der Waals surface area contributed by atoms with E-state index in [-0.39, 0.29) is 6.61 Å². The Bertz CT molecular complexity index is 991. The second-order valence-electron chi connectivity index (χ2n) is 5.45. The van der Waals surface area contributed by atoms with E-state index in [1.165, 1.54) is 0 Å². The average Bonchev–Trinajstić information content (AvgIpc) is 2.79. The van der Waals surface area contributed by atoms with Crippen molar-refractivity contribution in [2.24, 2.45) is 0 Å². The molecule has 1 aromatic heterocycles. The van der Waals surface area contributed by atoms with Crippen molar-refractivity contribution in [3.8, 4) is 11.8 Å². The van der Waals surface area contributed by atoms with Crippen molar-refractivity contribution in [3.63, 3.8) is 0 Å². The SMILES string of the molecule is N#Cc1ccccn1.OB(OCc1ccccc1)Oc1c(F)c(F)c(F)c(F)c1F. The quantitative estimate of drug-likeness (QED) is 0.292. The first-order valence-corrected chi connectivity index (χ1v) is 8.18. The van der Waals surface area contributed by atoms with Gasteiger partial charge in [-0.25, -0.2) is 18.2 Å². The Labute approximate surface area is 168 Å². The number of rotatable bonds is 5. The molecule has 0 spiro atoms. The van der Waals surface area contributed by atoms with Gasteiger partial charge in [-0.1, -0.05) is 36.4 Å². The molecule has 5 nitrogen and oxygen atoms in total. The summed E-state index contributed by atoms with van der Waals surface area (Å²) in [5, 5.41) is 17.6. The predicted molar refractivity (Wildman–Crippen MR) is 95.0 cm³/mol. The Kier molecular flexibility index (Phi) is 8.28. The molecular formula is C19H12BF5N2O3. The fraction of sp³-hybridized carbons (Fsp3) is 0.0526. The summed E-state index contributed by atoms with van der Waals surface area (Å²) in [7, 11) is -2.21. The number of pyridine rings is 1. The Morgan fingerprint density at radius 3 is 1.93 bits per heavy atom. The Hall–Kier alpha value is -3.49. The minimum absolute atomic E-state index is 0.197. The summed E-state index contributed by atoms with van der Waals surface area (Å²) in [5.74, 6) is -12.7. The zero-order valence-electron chi connectivity index (χ0n) is 15.0. The fourth-order valence-corrected chi connectivity index (χ4v) is 1.99. The number of hydrogen-bond donors (Lipinski definition) is 1. The van der Waals surface area contributed by atoms with Crippen LogP contribution in [0.25, 0.3) is 0 Å². The summed E-state index contributed by atoms with van der Waals surface area (Å²) in [6, 6.07) is 15.5. The molecule has 0 saturated carbocycles. The van der Waals surface area contributed by atoms with Crippen LogP contribution in [0.2, 0.25) is 0 Å². The molecule has 3 aromatic rings. The van der Waals surface area contributed by atoms with Crippen LogP contribution in [-0.2, 0) is 11.3 Å². The van der Waals surface area contributed by atoms with E-state index in [9.17, 15) is 27.0 Å². The van der Waals surface area contributed by atoms with E-state index in [1.54, 1.807) is 54.7 Å². The maximum Gasteiger partial charge on any atom is 0.710 e. The van der Waals surface area contributed by atoms with Gasteiger partial charge in [0.25, 0.3) is 0 Å². The summed E-state index contributed by atoms with van der Waals surface area (Å²) in [6.45, 7) is -0.197. The fourth-order valence-electron chi connectivity index (χ4n) is 1.99. The van der Waals surface area contributed by atoms with Gasteiger partial charge in [-0.15, -0.1) is 0 Å². The maximum atomic E-state index is 13.3. The van der Waals surface area contributed by atoms with Gasteiger partial charge in [-0.05, 0) is 17.7 Å². The lowest BCUT2D eigenvalue weighted by molar-refractivity contribution is 0.177. The van der Waals surface area contributed by atoms with E-state index in [1.807, 2.05) is 6.07 Å². The minimum atomic E-state index is -2.32. The highest BCUT2D eigenvalue weighted by molar-refractivity contribution is 6.35. The Morgan fingerprint density at radius 1 is 0.867 bits per heavy atom. The molecule has 1 heterocycles. The lowest BCUT2D eigenvalue weighted by Gasteiger charge is -2.12. The van der Waals surface area contributed by atoms with Crippen LogP contribution in [0.5, 0.6) is 5.75 Å². The second kappa shape index (κ2) is 10.9. The molecule has 0 bridgehead atoms. The Morgan fingerprint density at radius 2 is 1.43 bits per heavy atom. The molecule has 0 fully saturated rings. The largest absolute Gasteiger partial charge is 0.710 e. The van der Waals surface area contributed by atoms with Gasteiger partial charge in [0.1, 0.15) is 11.8 Å². The number of nitriles is 1. The van der Waals surface area contributed by atoms with Crippen LogP contribution in [0.3, 0.4) is 0 Å². The van der Waals surface area contributed by atoms with Crippen molar-refractivity contribution in [2.75, 3.05) is 0 Å². The van der Waals surface area contributed by atoms with Gasteiger partial charge in [-0.3, -0.25) is 0 Å². The highest BCUT2D eigenvalue weighted by atomic mass is 19.2. The van der Waals surface area contributed by atoms with Crippen LogP contribution in [0.1, 0.15) is 11.3 Å². The summed E-state index contributed by atoms with van der Waals surface area (Å²) in [4.78, 5) is 3.74. The molecule has 11 heteroatoms. The maximum absolute atomic E-state index is 13.3. The van der Waals surface area contributed by atoms with Gasteiger partial charge >= 0.3 is 7.32 Å². The smallest absolute Gasteiger partial charge is 0.507 e. The molecule has 0 unspecified atom stereocenters. The van der Waals surface area contributed by atoms with Crippen molar-refractivity contribution in [3.05, 3.63) is 95.1 Å². The summed E-state index contributed by atoms with van der Waals surface area (Å²) in [6.07, 6.45) is 1.60. The van der Waals surface area contributed by atoms with Crippen LogP contribution >= 0.6 is 0 Å². The topological polar surface area (TPSA) is 75.4 Å². The summed E-state index contributed by atoms with van der Waals surface area (Å²) in [5.41, 5.74) is 1.06. The molecule has 0 aliphatic carbocycles. The lowest BCUT2D eigenvalue weighted by atomic mass is 10.2. The average molecular weight is 422 g/mol. The third kappa shape index (κ3) is 6.00. The standard InChI is InChI=1S/C13H8BF5O3.C6H4N2/c15-8-9(16)11(18)13(12(19)10(8)17)22-14(20)21-6-7-4-2-1-3-5-7;7-5-6-3-1-2-4-8-6/h1-5,20H,6H2;1-4H. The zero-order chi connectivity index (χ0) is 22.1. The molecule has 0 aliphatic rings. The predicted octanol–water partition coefficient (Wildman–Crippen LogP) is 3.91. The summed E-state index contributed by atoms with van der Waals surface area (Å²) >= 11 is 0. The third-order valence-electron chi connectivity index (χ3n) is 3.40. The van der Waals surface area contributed by atoms with Crippen molar-refractivity contribution in [1.82, 2.24) is 4.98 Å². The van der Waals surface area contributed by atoms with Gasteiger partial charge in [0.15, 0.2) is 5.75 Å². The molecule has 0 aliphatic heterocycles. The molecule has 0 saturated heterocycles. The van der Waals surface area contributed by atoms with Crippen LogP contribution in [0.15, 0.2) is 54.7 Å². The van der Waals surface area contributed by atoms with Crippen LogP contribution in [-0.4, -0.2) is 17.3 Å². The van der Waals surface area contributed by atoms with Gasteiger partial charge < -0.3 is 14.3 Å². The van der Waals surface area contributed by atoms with Gasteiger partial charge in [0, 0.05) is 6.20 Å². The Balaban J connectivity index is 0.000000335. The van der Waals surface area contributed by atoms with Crippen molar-refractivity contribution < 1.29 is 36.3 Å². The molecule has 0 amide bonds. The van der Waals surface area contributed by atoms with Gasteiger partial charge in [-0.2, -0.15) is 14.0 Å². The van der Waals surface area contributed by atoms with Crippen LogP contribution in [0.4, 0.5) is 22.0 Å². The molecule has 0 radical (unpaired) electrons. The molecular weight excluding hydrogens is 410 g/mol. The minimum Gasteiger partial charge on any atom is -0.507 e. The van der Waals surface area contributed by atoms with E-state index in [0.29, 0.717) is 11.3 Å². The number of hydrogen-bond acceptors (Lipinski definition) is 5. The highest BCUT2D eigenvalue weighted by Crippen LogP contribution is 2.29. The molecule has 2 aromatic carbocycles. The lowest BCUT2D eigenvalue weighted by Crippen LogP contribution is -2.27. The second-order valence-corrected chi connectivity index (χ2v) is 5.45. The normalized spacial score (nSPS) is 9.90. The highest BCUT2D eigenvalue weighted by Gasteiger charge is 2.30. The molecule has 0 atom stereocenters. The van der Waals surface area contributed by atoms with E-state index >= 15 is 0 Å².